The van der Waals surface area contributed by atoms with Crippen molar-refractivity contribution in [1.29, 1.82) is 0 Å². The van der Waals surface area contributed by atoms with Crippen LogP contribution in [0.4, 0.5) is 10.5 Å². The van der Waals surface area contributed by atoms with Gasteiger partial charge in [-0.25, -0.2) is 4.79 Å². The van der Waals surface area contributed by atoms with Gasteiger partial charge in [0.15, 0.2) is 0 Å². The number of methoxy groups -OCH3 is 1. The van der Waals surface area contributed by atoms with Crippen LogP contribution < -0.4 is 10.1 Å². The van der Waals surface area contributed by atoms with Crippen LogP contribution in [0.1, 0.15) is 25.7 Å². The summed E-state index contributed by atoms with van der Waals surface area (Å²) >= 11 is 0. The Balaban J connectivity index is 1.47. The maximum absolute atomic E-state index is 12.6. The lowest BCUT2D eigenvalue weighted by molar-refractivity contribution is 0.00275. The van der Waals surface area contributed by atoms with Crippen LogP contribution in [0.25, 0.3) is 0 Å². The summed E-state index contributed by atoms with van der Waals surface area (Å²) in [5.74, 6) is 0.709. The molecule has 1 aromatic carbocycles. The molecule has 1 aromatic rings. The second-order valence-corrected chi connectivity index (χ2v) is 7.24. The molecule has 1 aliphatic heterocycles. The average Bonchev–Trinajstić information content (AvgIpc) is 2.69. The Hall–Kier alpha value is -1.83. The van der Waals surface area contributed by atoms with E-state index < -0.39 is 0 Å². The molecule has 2 N–H and O–H groups in total. The van der Waals surface area contributed by atoms with Crippen LogP contribution in [-0.4, -0.2) is 79.6 Å². The van der Waals surface area contributed by atoms with Crippen molar-refractivity contribution in [2.45, 2.75) is 37.8 Å². The number of carbonyl (C=O) groups excluding carboxylic acids is 1. The molecule has 1 aliphatic carbocycles. The van der Waals surface area contributed by atoms with Gasteiger partial charge < -0.3 is 24.8 Å². The van der Waals surface area contributed by atoms with Gasteiger partial charge in [0.1, 0.15) is 12.4 Å². The molecule has 1 heterocycles. The molecule has 2 aliphatic rings. The fraction of sp³-hybridized carbons (Fsp3) is 0.650. The van der Waals surface area contributed by atoms with Crippen molar-refractivity contribution >= 4 is 11.7 Å². The normalized spacial score (nSPS) is 23.9. The first-order chi connectivity index (χ1) is 13.2. The lowest BCUT2D eigenvalue weighted by atomic mass is 9.91. The summed E-state index contributed by atoms with van der Waals surface area (Å²) in [5.41, 5.74) is 0.722. The minimum absolute atomic E-state index is 0.0899. The Morgan fingerprint density at radius 2 is 1.96 bits per heavy atom. The van der Waals surface area contributed by atoms with Crippen molar-refractivity contribution in [2.75, 3.05) is 51.8 Å². The number of urea groups is 1. The molecule has 2 atom stereocenters. The average molecular weight is 377 g/mol. The van der Waals surface area contributed by atoms with Crippen molar-refractivity contribution < 1.29 is 19.4 Å². The molecule has 0 bridgehead atoms. The van der Waals surface area contributed by atoms with E-state index >= 15 is 0 Å². The van der Waals surface area contributed by atoms with E-state index in [1.165, 1.54) is 6.42 Å². The first-order valence-corrected chi connectivity index (χ1v) is 9.87. The number of hydrogen-bond acceptors (Lipinski definition) is 5. The Morgan fingerprint density at radius 1 is 1.19 bits per heavy atom. The lowest BCUT2D eigenvalue weighted by Crippen LogP contribution is -2.56. The second-order valence-electron chi connectivity index (χ2n) is 7.24. The number of benzene rings is 1. The molecule has 150 valence electrons. The smallest absolute Gasteiger partial charge is 0.321 e. The van der Waals surface area contributed by atoms with Gasteiger partial charge in [-0.2, -0.15) is 0 Å². The zero-order chi connectivity index (χ0) is 19.1. The number of hydrogen-bond donors (Lipinski definition) is 2. The van der Waals surface area contributed by atoms with Gasteiger partial charge in [0.2, 0.25) is 0 Å². The number of carbonyl (C=O) groups is 1. The molecule has 0 spiro atoms. The molecule has 0 aromatic heterocycles. The van der Waals surface area contributed by atoms with Crippen LogP contribution in [-0.2, 0) is 4.74 Å². The number of ether oxygens (including phenoxy) is 2. The van der Waals surface area contributed by atoms with E-state index in [1.54, 1.807) is 7.11 Å². The molecule has 0 radical (unpaired) electrons. The number of amides is 2. The maximum atomic E-state index is 12.6. The highest BCUT2D eigenvalue weighted by Crippen LogP contribution is 2.24. The SMILES string of the molecule is COCCOc1cccc(NC(=O)N2CCN([C@H]3CCCC[C@@H]3O)CC2)c1. The molecule has 7 nitrogen and oxygen atoms in total. The summed E-state index contributed by atoms with van der Waals surface area (Å²) in [5, 5.41) is 13.2. The summed E-state index contributed by atoms with van der Waals surface area (Å²) in [6, 6.07) is 7.57. The van der Waals surface area contributed by atoms with Crippen molar-refractivity contribution in [3.8, 4) is 5.75 Å². The van der Waals surface area contributed by atoms with E-state index in [0.29, 0.717) is 32.1 Å². The van der Waals surface area contributed by atoms with Crippen molar-refractivity contribution in [3.63, 3.8) is 0 Å². The zero-order valence-electron chi connectivity index (χ0n) is 16.1. The van der Waals surface area contributed by atoms with Crippen molar-refractivity contribution in [1.82, 2.24) is 9.80 Å². The minimum atomic E-state index is -0.222. The molecule has 1 saturated carbocycles. The Kier molecular flexibility index (Phi) is 7.32. The number of piperazine rings is 1. The first-order valence-electron chi connectivity index (χ1n) is 9.87. The summed E-state index contributed by atoms with van der Waals surface area (Å²) < 4.78 is 10.6. The molecule has 1 saturated heterocycles. The van der Waals surface area contributed by atoms with Crippen molar-refractivity contribution in [2.24, 2.45) is 0 Å². The highest BCUT2D eigenvalue weighted by molar-refractivity contribution is 5.89. The molecular weight excluding hydrogens is 346 g/mol. The third-order valence-electron chi connectivity index (χ3n) is 5.41. The summed E-state index contributed by atoms with van der Waals surface area (Å²) in [7, 11) is 1.63. The summed E-state index contributed by atoms with van der Waals surface area (Å²) in [6.45, 7) is 3.99. The third-order valence-corrected chi connectivity index (χ3v) is 5.41. The Labute approximate surface area is 161 Å². The molecule has 7 heteroatoms. The van der Waals surface area contributed by atoms with Crippen LogP contribution in [0.15, 0.2) is 24.3 Å². The van der Waals surface area contributed by atoms with Gasteiger partial charge in [0.25, 0.3) is 0 Å². The molecule has 3 rings (SSSR count). The van der Waals surface area contributed by atoms with Crippen LogP contribution in [0, 0.1) is 0 Å². The number of nitrogens with zero attached hydrogens (tertiary/aromatic N) is 2. The fourth-order valence-electron chi connectivity index (χ4n) is 3.88. The van der Waals surface area contributed by atoms with Crippen LogP contribution in [0.3, 0.4) is 0 Å². The van der Waals surface area contributed by atoms with Gasteiger partial charge in [-0.05, 0) is 25.0 Å². The highest BCUT2D eigenvalue weighted by Gasteiger charge is 2.31. The number of aliphatic hydroxyl groups excluding tert-OH is 1. The van der Waals surface area contributed by atoms with Crippen LogP contribution >= 0.6 is 0 Å². The minimum Gasteiger partial charge on any atom is -0.491 e. The standard InChI is InChI=1S/C20H31N3O4/c1-26-13-14-27-17-6-4-5-16(15-17)21-20(25)23-11-9-22(10-12-23)18-7-2-3-8-19(18)24/h4-6,15,18-19,24H,2-3,7-14H2,1H3,(H,21,25)/t18-,19-/m0/s1. The maximum Gasteiger partial charge on any atom is 0.321 e. The predicted molar refractivity (Wildman–Crippen MR) is 104 cm³/mol. The second kappa shape index (κ2) is 9.92. The lowest BCUT2D eigenvalue weighted by Gasteiger charge is -2.42. The van der Waals surface area contributed by atoms with Gasteiger partial charge >= 0.3 is 6.03 Å². The molecule has 2 fully saturated rings. The molecule has 2 amide bonds. The molecule has 0 unspecified atom stereocenters. The quantitative estimate of drug-likeness (QED) is 0.743. The summed E-state index contributed by atoms with van der Waals surface area (Å²) in [6.07, 6.45) is 4.04. The number of rotatable bonds is 6. The first kappa shape index (κ1) is 19.9. The predicted octanol–water partition coefficient (Wildman–Crippen LogP) is 2.16. The molecule has 27 heavy (non-hydrogen) atoms. The number of nitrogens with one attached hydrogen (secondary N) is 1. The largest absolute Gasteiger partial charge is 0.491 e. The van der Waals surface area contributed by atoms with Gasteiger partial charge in [-0.3, -0.25) is 4.90 Å². The topological polar surface area (TPSA) is 74.3 Å². The zero-order valence-corrected chi connectivity index (χ0v) is 16.1. The van der Waals surface area contributed by atoms with E-state index in [0.717, 1.165) is 38.0 Å². The number of aliphatic hydroxyl groups is 1. The van der Waals surface area contributed by atoms with Crippen LogP contribution in [0.2, 0.25) is 0 Å². The Bertz CT molecular complexity index is 605. The monoisotopic (exact) mass is 377 g/mol. The summed E-state index contributed by atoms with van der Waals surface area (Å²) in [4.78, 5) is 16.8. The van der Waals surface area contributed by atoms with Gasteiger partial charge in [-0.15, -0.1) is 0 Å². The Morgan fingerprint density at radius 3 is 2.70 bits per heavy atom. The molecular formula is C20H31N3O4. The highest BCUT2D eigenvalue weighted by atomic mass is 16.5. The van der Waals surface area contributed by atoms with E-state index in [9.17, 15) is 9.90 Å². The van der Waals surface area contributed by atoms with Crippen molar-refractivity contribution in [3.05, 3.63) is 24.3 Å². The van der Waals surface area contributed by atoms with E-state index in [2.05, 4.69) is 10.2 Å². The van der Waals surface area contributed by atoms with Gasteiger partial charge in [0, 0.05) is 51.1 Å². The van der Waals surface area contributed by atoms with Gasteiger partial charge in [0.05, 0.1) is 12.7 Å². The van der Waals surface area contributed by atoms with Gasteiger partial charge in [-0.1, -0.05) is 18.9 Å². The van der Waals surface area contributed by atoms with Crippen LogP contribution in [0.5, 0.6) is 5.75 Å². The van der Waals surface area contributed by atoms with E-state index in [-0.39, 0.29) is 18.2 Å². The fourth-order valence-corrected chi connectivity index (χ4v) is 3.88. The van der Waals surface area contributed by atoms with E-state index in [1.807, 2.05) is 29.2 Å². The van der Waals surface area contributed by atoms with E-state index in [4.69, 9.17) is 9.47 Å². The third kappa shape index (κ3) is 5.57. The number of anilines is 1.